The monoisotopic (exact) mass is 466 g/mol. The average molecular weight is 467 g/mol. The summed E-state index contributed by atoms with van der Waals surface area (Å²) < 4.78 is 36.9. The van der Waals surface area contributed by atoms with Crippen molar-refractivity contribution in [1.29, 1.82) is 0 Å². The lowest BCUT2D eigenvalue weighted by Crippen LogP contribution is -2.26. The molecule has 1 aliphatic heterocycles. The molecule has 9 heteroatoms. The van der Waals surface area contributed by atoms with Gasteiger partial charge in [0.1, 0.15) is 17.4 Å². The number of carbonyl (C=O) groups is 2. The molecule has 3 aromatic carbocycles. The third-order valence-corrected chi connectivity index (χ3v) is 6.97. The second-order valence-electron chi connectivity index (χ2n) is 7.58. The zero-order chi connectivity index (χ0) is 23.6. The van der Waals surface area contributed by atoms with Crippen LogP contribution in [0.2, 0.25) is 0 Å². The van der Waals surface area contributed by atoms with Crippen molar-refractivity contribution in [3.8, 4) is 11.5 Å². The average Bonchev–Trinajstić information content (AvgIpc) is 2.81. The molecule has 33 heavy (non-hydrogen) atoms. The molecule has 0 radical (unpaired) electrons. The smallest absolute Gasteiger partial charge is 0.318 e. The van der Waals surface area contributed by atoms with Crippen molar-refractivity contribution >= 4 is 27.6 Å². The number of amides is 1. The van der Waals surface area contributed by atoms with Crippen LogP contribution in [0.15, 0.2) is 77.7 Å². The number of para-hydroxylation sites is 2. The summed E-state index contributed by atoms with van der Waals surface area (Å²) in [6.07, 6.45) is 0. The molecule has 0 saturated carbocycles. The molecule has 1 N–H and O–H groups in total. The van der Waals surface area contributed by atoms with Crippen LogP contribution in [-0.2, 0) is 24.3 Å². The Morgan fingerprint density at radius 2 is 1.55 bits per heavy atom. The lowest BCUT2D eigenvalue weighted by Gasteiger charge is -2.26. The van der Waals surface area contributed by atoms with Gasteiger partial charge in [0, 0.05) is 30.9 Å². The summed E-state index contributed by atoms with van der Waals surface area (Å²) >= 11 is 0. The van der Waals surface area contributed by atoms with Gasteiger partial charge in [-0.15, -0.1) is 0 Å². The number of anilines is 1. The first-order valence-corrected chi connectivity index (χ1v) is 11.6. The Labute approximate surface area is 191 Å². The molecular weight excluding hydrogens is 444 g/mol. The van der Waals surface area contributed by atoms with E-state index in [9.17, 15) is 18.0 Å². The fourth-order valence-corrected chi connectivity index (χ4v) is 4.47. The highest BCUT2D eigenvalue weighted by Gasteiger charge is 2.33. The highest BCUT2D eigenvalue weighted by Crippen LogP contribution is 2.44. The standard InChI is InChI=1S/C24H22N2O6S/c1-26(2)33(29,30)17-9-7-8-16(14-17)25-22(27)15-31-24(28)23-18-10-3-5-12-20(18)32-21-13-6-4-11-19(21)23/h3-14,23H,15H2,1-2H3,(H,25,27). The Kier molecular flexibility index (Phi) is 6.17. The number of ether oxygens (including phenoxy) is 2. The number of rotatable bonds is 6. The summed E-state index contributed by atoms with van der Waals surface area (Å²) in [6.45, 7) is -0.523. The summed E-state index contributed by atoms with van der Waals surface area (Å²) in [7, 11) is -0.801. The summed E-state index contributed by atoms with van der Waals surface area (Å²) in [5, 5.41) is 2.57. The molecule has 0 atom stereocenters. The second-order valence-corrected chi connectivity index (χ2v) is 9.73. The molecule has 0 spiro atoms. The van der Waals surface area contributed by atoms with Crippen molar-refractivity contribution in [1.82, 2.24) is 4.31 Å². The number of fused-ring (bicyclic) bond motifs is 2. The van der Waals surface area contributed by atoms with Crippen LogP contribution in [0.3, 0.4) is 0 Å². The fraction of sp³-hybridized carbons (Fsp3) is 0.167. The SMILES string of the molecule is CN(C)S(=O)(=O)c1cccc(NC(=O)COC(=O)C2c3ccccc3Oc3ccccc32)c1. The number of sulfonamides is 1. The maximum atomic E-state index is 13.0. The predicted molar refractivity (Wildman–Crippen MR) is 122 cm³/mol. The van der Waals surface area contributed by atoms with Crippen LogP contribution in [0.4, 0.5) is 5.69 Å². The fourth-order valence-electron chi connectivity index (χ4n) is 3.53. The van der Waals surface area contributed by atoms with E-state index in [-0.39, 0.29) is 10.6 Å². The van der Waals surface area contributed by atoms with E-state index < -0.39 is 34.4 Å². The normalized spacial score (nSPS) is 12.9. The van der Waals surface area contributed by atoms with Gasteiger partial charge in [0.25, 0.3) is 5.91 Å². The van der Waals surface area contributed by atoms with Gasteiger partial charge in [-0.2, -0.15) is 0 Å². The molecule has 1 aliphatic rings. The molecule has 0 saturated heterocycles. The minimum Gasteiger partial charge on any atom is -0.457 e. The van der Waals surface area contributed by atoms with Crippen molar-refractivity contribution < 1.29 is 27.5 Å². The molecule has 0 bridgehead atoms. The van der Waals surface area contributed by atoms with Gasteiger partial charge in [-0.3, -0.25) is 9.59 Å². The van der Waals surface area contributed by atoms with E-state index >= 15 is 0 Å². The number of carbonyl (C=O) groups excluding carboxylic acids is 2. The van der Waals surface area contributed by atoms with Crippen molar-refractivity contribution in [2.24, 2.45) is 0 Å². The lowest BCUT2D eigenvalue weighted by molar-refractivity contribution is -0.148. The first-order valence-electron chi connectivity index (χ1n) is 10.1. The number of nitrogens with one attached hydrogen (secondary N) is 1. The molecule has 1 heterocycles. The molecule has 170 valence electrons. The number of hydrogen-bond donors (Lipinski definition) is 1. The van der Waals surface area contributed by atoms with Gasteiger partial charge in [0.2, 0.25) is 10.0 Å². The molecule has 0 unspecified atom stereocenters. The van der Waals surface area contributed by atoms with Crippen LogP contribution in [0.1, 0.15) is 17.0 Å². The minimum atomic E-state index is -3.65. The Morgan fingerprint density at radius 1 is 0.939 bits per heavy atom. The lowest BCUT2D eigenvalue weighted by atomic mass is 9.88. The Balaban J connectivity index is 1.47. The quantitative estimate of drug-likeness (QED) is 0.559. The zero-order valence-corrected chi connectivity index (χ0v) is 18.8. The topological polar surface area (TPSA) is 102 Å². The molecule has 0 fully saturated rings. The zero-order valence-electron chi connectivity index (χ0n) is 18.0. The number of esters is 1. The molecular formula is C24H22N2O6S. The Hall–Kier alpha value is -3.69. The first-order chi connectivity index (χ1) is 15.8. The van der Waals surface area contributed by atoms with Crippen molar-refractivity contribution in [2.45, 2.75) is 10.8 Å². The van der Waals surface area contributed by atoms with E-state index in [4.69, 9.17) is 9.47 Å². The van der Waals surface area contributed by atoms with Gasteiger partial charge in [0.15, 0.2) is 6.61 Å². The van der Waals surface area contributed by atoms with E-state index in [1.54, 1.807) is 42.5 Å². The van der Waals surface area contributed by atoms with Crippen LogP contribution in [0, 0.1) is 0 Å². The molecule has 0 aromatic heterocycles. The van der Waals surface area contributed by atoms with E-state index in [1.165, 1.54) is 32.3 Å². The van der Waals surface area contributed by atoms with Gasteiger partial charge in [-0.05, 0) is 30.3 Å². The van der Waals surface area contributed by atoms with Crippen LogP contribution in [0.25, 0.3) is 0 Å². The third kappa shape index (κ3) is 4.59. The maximum Gasteiger partial charge on any atom is 0.318 e. The second kappa shape index (κ2) is 9.05. The van der Waals surface area contributed by atoms with Crippen molar-refractivity contribution in [3.05, 3.63) is 83.9 Å². The summed E-state index contributed by atoms with van der Waals surface area (Å²) in [4.78, 5) is 25.5. The van der Waals surface area contributed by atoms with Crippen LogP contribution >= 0.6 is 0 Å². The number of hydrogen-bond acceptors (Lipinski definition) is 6. The first kappa shape index (κ1) is 22.5. The van der Waals surface area contributed by atoms with E-state index in [0.717, 1.165) is 4.31 Å². The van der Waals surface area contributed by atoms with Gasteiger partial charge in [0.05, 0.1) is 4.90 Å². The van der Waals surface area contributed by atoms with Crippen LogP contribution < -0.4 is 10.1 Å². The summed E-state index contributed by atoms with van der Waals surface area (Å²) in [5.41, 5.74) is 1.59. The van der Waals surface area contributed by atoms with Gasteiger partial charge < -0.3 is 14.8 Å². The number of benzene rings is 3. The van der Waals surface area contributed by atoms with Crippen molar-refractivity contribution in [3.63, 3.8) is 0 Å². The Morgan fingerprint density at radius 3 is 2.15 bits per heavy atom. The third-order valence-electron chi connectivity index (χ3n) is 5.16. The highest BCUT2D eigenvalue weighted by molar-refractivity contribution is 7.89. The predicted octanol–water partition coefficient (Wildman–Crippen LogP) is 3.36. The summed E-state index contributed by atoms with van der Waals surface area (Å²) in [5.74, 6) is -0.788. The Bertz CT molecular complexity index is 1270. The highest BCUT2D eigenvalue weighted by atomic mass is 32.2. The largest absolute Gasteiger partial charge is 0.457 e. The molecule has 0 aliphatic carbocycles. The summed E-state index contributed by atoms with van der Waals surface area (Å²) in [6, 6.07) is 20.2. The molecule has 3 aromatic rings. The molecule has 4 rings (SSSR count). The molecule has 1 amide bonds. The maximum absolute atomic E-state index is 13.0. The van der Waals surface area contributed by atoms with Crippen LogP contribution in [0.5, 0.6) is 11.5 Å². The minimum absolute atomic E-state index is 0.0396. The van der Waals surface area contributed by atoms with Gasteiger partial charge >= 0.3 is 5.97 Å². The number of nitrogens with zero attached hydrogens (tertiary/aromatic N) is 1. The van der Waals surface area contributed by atoms with Crippen molar-refractivity contribution in [2.75, 3.05) is 26.0 Å². The van der Waals surface area contributed by atoms with Crippen LogP contribution in [-0.4, -0.2) is 45.3 Å². The van der Waals surface area contributed by atoms with E-state index in [1.807, 2.05) is 12.1 Å². The molecule has 8 nitrogen and oxygen atoms in total. The van der Waals surface area contributed by atoms with E-state index in [2.05, 4.69) is 5.32 Å². The van der Waals surface area contributed by atoms with E-state index in [0.29, 0.717) is 22.6 Å². The van der Waals surface area contributed by atoms with Gasteiger partial charge in [-0.25, -0.2) is 12.7 Å². The van der Waals surface area contributed by atoms with Gasteiger partial charge in [-0.1, -0.05) is 42.5 Å².